The molecule has 9 heteroatoms. The van der Waals surface area contributed by atoms with Crippen LogP contribution in [-0.2, 0) is 14.6 Å². The summed E-state index contributed by atoms with van der Waals surface area (Å²) < 4.78 is 47.5. The second kappa shape index (κ2) is 9.54. The highest BCUT2D eigenvalue weighted by atomic mass is 32.2. The highest BCUT2D eigenvalue weighted by Gasteiger charge is 2.26. The monoisotopic (exact) mass is 400 g/mol. The van der Waals surface area contributed by atoms with Crippen molar-refractivity contribution < 1.29 is 22.0 Å². The van der Waals surface area contributed by atoms with Crippen LogP contribution in [0.15, 0.2) is 64.4 Å². The Morgan fingerprint density at radius 3 is 2.31 bits per heavy atom. The number of amides is 1. The van der Waals surface area contributed by atoms with Crippen molar-refractivity contribution in [3.05, 3.63) is 54.6 Å². The summed E-state index contributed by atoms with van der Waals surface area (Å²) >= 11 is 1.66. The SMILES string of the molecule is O=C(CCCSc1ccccc1)NNc1ccc(S(=O)(=O)C(F)F)cc1. The topological polar surface area (TPSA) is 75.3 Å². The summed E-state index contributed by atoms with van der Waals surface area (Å²) in [5.74, 6) is -2.88. The number of sulfone groups is 1. The molecule has 0 aliphatic rings. The minimum atomic E-state index is -4.61. The number of hydrazine groups is 1. The maximum Gasteiger partial charge on any atom is 0.341 e. The number of hydrogen-bond acceptors (Lipinski definition) is 5. The van der Waals surface area contributed by atoms with E-state index in [1.54, 1.807) is 11.8 Å². The molecule has 0 saturated carbocycles. The van der Waals surface area contributed by atoms with Gasteiger partial charge in [-0.1, -0.05) is 18.2 Å². The predicted octanol–water partition coefficient (Wildman–Crippen LogP) is 3.70. The highest BCUT2D eigenvalue weighted by molar-refractivity contribution is 7.99. The van der Waals surface area contributed by atoms with E-state index >= 15 is 0 Å². The fourth-order valence-electron chi connectivity index (χ4n) is 1.97. The van der Waals surface area contributed by atoms with E-state index < -0.39 is 20.5 Å². The lowest BCUT2D eigenvalue weighted by molar-refractivity contribution is -0.120. The minimum absolute atomic E-state index is 0.219. The Bertz CT molecular complexity index is 814. The Morgan fingerprint density at radius 2 is 1.69 bits per heavy atom. The summed E-state index contributed by atoms with van der Waals surface area (Å²) in [6, 6.07) is 14.6. The molecule has 0 saturated heterocycles. The van der Waals surface area contributed by atoms with Crippen LogP contribution < -0.4 is 10.9 Å². The first-order chi connectivity index (χ1) is 12.4. The van der Waals surface area contributed by atoms with Crippen LogP contribution in [0.5, 0.6) is 0 Å². The average molecular weight is 400 g/mol. The number of carbonyl (C=O) groups is 1. The van der Waals surface area contributed by atoms with Crippen molar-refractivity contribution in [3.8, 4) is 0 Å². The molecule has 0 spiro atoms. The van der Waals surface area contributed by atoms with E-state index in [1.807, 2.05) is 30.3 Å². The van der Waals surface area contributed by atoms with Crippen molar-refractivity contribution in [2.24, 2.45) is 0 Å². The number of rotatable bonds is 9. The van der Waals surface area contributed by atoms with Crippen LogP contribution in [0.2, 0.25) is 0 Å². The van der Waals surface area contributed by atoms with E-state index in [1.165, 1.54) is 12.1 Å². The van der Waals surface area contributed by atoms with E-state index in [0.29, 0.717) is 18.5 Å². The molecule has 2 N–H and O–H groups in total. The quantitative estimate of drug-likeness (QED) is 0.381. The third kappa shape index (κ3) is 5.99. The summed E-state index contributed by atoms with van der Waals surface area (Å²) in [4.78, 5) is 12.4. The fraction of sp³-hybridized carbons (Fsp3) is 0.235. The highest BCUT2D eigenvalue weighted by Crippen LogP contribution is 2.20. The molecule has 0 atom stereocenters. The van der Waals surface area contributed by atoms with Crippen molar-refractivity contribution in [2.45, 2.75) is 28.4 Å². The normalized spacial score (nSPS) is 11.3. The van der Waals surface area contributed by atoms with E-state index in [2.05, 4.69) is 10.9 Å². The van der Waals surface area contributed by atoms with E-state index in [9.17, 15) is 22.0 Å². The van der Waals surface area contributed by atoms with E-state index in [4.69, 9.17) is 0 Å². The molecule has 2 aromatic carbocycles. The minimum Gasteiger partial charge on any atom is -0.299 e. The van der Waals surface area contributed by atoms with Gasteiger partial charge in [-0.3, -0.25) is 15.6 Å². The van der Waals surface area contributed by atoms with Crippen molar-refractivity contribution in [1.82, 2.24) is 5.43 Å². The van der Waals surface area contributed by atoms with Crippen LogP contribution in [0.25, 0.3) is 0 Å². The van der Waals surface area contributed by atoms with Gasteiger partial charge in [-0.25, -0.2) is 8.42 Å². The smallest absolute Gasteiger partial charge is 0.299 e. The van der Waals surface area contributed by atoms with Crippen LogP contribution in [0.4, 0.5) is 14.5 Å². The molecule has 0 aliphatic heterocycles. The van der Waals surface area contributed by atoms with Gasteiger partial charge < -0.3 is 0 Å². The van der Waals surface area contributed by atoms with E-state index in [-0.39, 0.29) is 5.91 Å². The maximum atomic E-state index is 12.4. The number of alkyl halides is 2. The summed E-state index contributed by atoms with van der Waals surface area (Å²) in [6.07, 6.45) is 1.02. The third-order valence-electron chi connectivity index (χ3n) is 3.32. The molecule has 0 heterocycles. The number of hydrogen-bond donors (Lipinski definition) is 2. The summed E-state index contributed by atoms with van der Waals surface area (Å²) in [5, 5.41) is 0. The molecule has 1 amide bonds. The fourth-order valence-corrected chi connectivity index (χ4v) is 3.57. The molecule has 0 fully saturated rings. The van der Waals surface area contributed by atoms with Crippen molar-refractivity contribution in [3.63, 3.8) is 0 Å². The summed E-state index contributed by atoms with van der Waals surface area (Å²) in [7, 11) is -4.61. The van der Waals surface area contributed by atoms with E-state index in [0.717, 1.165) is 22.8 Å². The van der Waals surface area contributed by atoms with Crippen molar-refractivity contribution >= 4 is 33.2 Å². The maximum absolute atomic E-state index is 12.4. The Morgan fingerprint density at radius 1 is 1.04 bits per heavy atom. The first-order valence-corrected chi connectivity index (χ1v) is 10.3. The zero-order valence-electron chi connectivity index (χ0n) is 13.7. The van der Waals surface area contributed by atoms with Crippen molar-refractivity contribution in [1.29, 1.82) is 0 Å². The van der Waals surface area contributed by atoms with Gasteiger partial charge in [-0.05, 0) is 48.6 Å². The second-order valence-electron chi connectivity index (χ2n) is 5.27. The van der Waals surface area contributed by atoms with Gasteiger partial charge in [0.1, 0.15) is 0 Å². The number of anilines is 1. The molecule has 0 aromatic heterocycles. The third-order valence-corrected chi connectivity index (χ3v) is 5.82. The van der Waals surface area contributed by atoms with Crippen molar-refractivity contribution in [2.75, 3.05) is 11.2 Å². The molecular weight excluding hydrogens is 382 g/mol. The molecule has 5 nitrogen and oxygen atoms in total. The average Bonchev–Trinajstić information content (AvgIpc) is 2.64. The molecule has 0 aliphatic carbocycles. The largest absolute Gasteiger partial charge is 0.341 e. The molecule has 2 aromatic rings. The van der Waals surface area contributed by atoms with Gasteiger partial charge >= 0.3 is 5.76 Å². The summed E-state index contributed by atoms with van der Waals surface area (Å²) in [6.45, 7) is 0. The van der Waals surface area contributed by atoms with Gasteiger partial charge in [0.25, 0.3) is 0 Å². The number of halogens is 2. The molecule has 140 valence electrons. The Labute approximate surface area is 155 Å². The van der Waals surface area contributed by atoms with Gasteiger partial charge in [-0.2, -0.15) is 8.78 Å². The number of thioether (sulfide) groups is 1. The number of carbonyl (C=O) groups excluding carboxylic acids is 1. The molecule has 0 unspecified atom stereocenters. The standard InChI is InChI=1S/C17H18F2N2O3S2/c18-17(19)26(23,24)15-10-8-13(9-11-15)20-21-16(22)7-4-12-25-14-5-2-1-3-6-14/h1-3,5-6,8-11,17,20H,4,7,12H2,(H,21,22). The predicted molar refractivity (Wildman–Crippen MR) is 97.8 cm³/mol. The lowest BCUT2D eigenvalue weighted by Gasteiger charge is -2.09. The van der Waals surface area contributed by atoms with Gasteiger partial charge in [-0.15, -0.1) is 11.8 Å². The van der Waals surface area contributed by atoms with Crippen LogP contribution in [0, 0.1) is 0 Å². The molecule has 2 rings (SSSR count). The van der Waals surface area contributed by atoms with Gasteiger partial charge in [0, 0.05) is 11.3 Å². The second-order valence-corrected chi connectivity index (χ2v) is 8.35. The van der Waals surface area contributed by atoms with Crippen LogP contribution in [0.3, 0.4) is 0 Å². The van der Waals surface area contributed by atoms with Crippen LogP contribution >= 0.6 is 11.8 Å². The molecule has 26 heavy (non-hydrogen) atoms. The molecular formula is C17H18F2N2O3S2. The Kier molecular flexibility index (Phi) is 7.40. The first-order valence-electron chi connectivity index (χ1n) is 7.74. The number of benzene rings is 2. The summed E-state index contributed by atoms with van der Waals surface area (Å²) in [5.41, 5.74) is 5.50. The lowest BCUT2D eigenvalue weighted by atomic mass is 10.3. The van der Waals surface area contributed by atoms with Gasteiger partial charge in [0.05, 0.1) is 10.6 Å². The first kappa shape index (κ1) is 20.2. The van der Waals surface area contributed by atoms with Crippen LogP contribution in [0.1, 0.15) is 12.8 Å². The molecule has 0 radical (unpaired) electrons. The van der Waals surface area contributed by atoms with Gasteiger partial charge in [0.15, 0.2) is 0 Å². The van der Waals surface area contributed by atoms with Crippen LogP contribution in [-0.4, -0.2) is 25.8 Å². The lowest BCUT2D eigenvalue weighted by Crippen LogP contribution is -2.29. The number of nitrogens with one attached hydrogen (secondary N) is 2. The molecule has 0 bridgehead atoms. The van der Waals surface area contributed by atoms with Gasteiger partial charge in [0.2, 0.25) is 15.7 Å². The Balaban J connectivity index is 1.72. The Hall–Kier alpha value is -2.13. The zero-order valence-corrected chi connectivity index (χ0v) is 15.3. The zero-order chi connectivity index (χ0) is 19.0.